The predicted molar refractivity (Wildman–Crippen MR) is 80.0 cm³/mol. The molecule has 0 aromatic carbocycles. The lowest BCUT2D eigenvalue weighted by atomic mass is 10.1. The van der Waals surface area contributed by atoms with Crippen LogP contribution in [0.15, 0.2) is 15.9 Å². The maximum absolute atomic E-state index is 12.2. The van der Waals surface area contributed by atoms with Crippen molar-refractivity contribution in [2.75, 3.05) is 13.1 Å². The van der Waals surface area contributed by atoms with Crippen molar-refractivity contribution < 1.29 is 19.5 Å². The van der Waals surface area contributed by atoms with E-state index < -0.39 is 30.4 Å². The lowest BCUT2D eigenvalue weighted by Crippen LogP contribution is -2.59. The molecular formula is C12H14BrN3O4S. The maximum atomic E-state index is 12.2. The van der Waals surface area contributed by atoms with Crippen LogP contribution < -0.4 is 10.6 Å². The summed E-state index contributed by atoms with van der Waals surface area (Å²) in [6.45, 7) is 0.962. The topological polar surface area (TPSA) is 98.7 Å². The van der Waals surface area contributed by atoms with Crippen molar-refractivity contribution in [1.29, 1.82) is 0 Å². The molecule has 1 saturated heterocycles. The summed E-state index contributed by atoms with van der Waals surface area (Å²) in [7, 11) is 0. The number of carbonyl (C=O) groups is 3. The van der Waals surface area contributed by atoms with E-state index in [0.717, 1.165) is 9.35 Å². The van der Waals surface area contributed by atoms with Gasteiger partial charge in [-0.05, 0) is 22.0 Å². The molecule has 0 aliphatic carbocycles. The third kappa shape index (κ3) is 4.18. The number of piperazine rings is 1. The van der Waals surface area contributed by atoms with Crippen LogP contribution in [0.2, 0.25) is 0 Å². The molecule has 1 unspecified atom stereocenters. The number of rotatable bonds is 4. The second-order valence-electron chi connectivity index (χ2n) is 4.49. The van der Waals surface area contributed by atoms with Crippen LogP contribution in [0.3, 0.4) is 0 Å². The SMILES string of the molecule is O=C(O)CC1C(=O)NCCN1C(=O)NCc1cc(Br)cs1. The zero-order valence-corrected chi connectivity index (χ0v) is 13.4. The number of nitrogens with one attached hydrogen (secondary N) is 2. The van der Waals surface area contributed by atoms with Crippen molar-refractivity contribution in [2.24, 2.45) is 0 Å². The number of halogens is 1. The Hall–Kier alpha value is -1.61. The van der Waals surface area contributed by atoms with Gasteiger partial charge in [0.15, 0.2) is 0 Å². The van der Waals surface area contributed by atoms with Crippen LogP contribution in [0.25, 0.3) is 0 Å². The number of nitrogens with zero attached hydrogens (tertiary/aromatic N) is 1. The van der Waals surface area contributed by atoms with E-state index in [4.69, 9.17) is 5.11 Å². The van der Waals surface area contributed by atoms with Crippen LogP contribution in [-0.2, 0) is 16.1 Å². The van der Waals surface area contributed by atoms with Crippen molar-refractivity contribution in [1.82, 2.24) is 15.5 Å². The standard InChI is InChI=1S/C12H14BrN3O4S/c13-7-3-8(21-6-7)5-15-12(20)16-2-1-14-11(19)9(16)4-10(17)18/h3,6,9H,1-2,4-5H2,(H,14,19)(H,15,20)(H,17,18). The third-order valence-electron chi connectivity index (χ3n) is 3.00. The zero-order valence-electron chi connectivity index (χ0n) is 11.0. The Kier molecular flexibility index (Phi) is 5.18. The zero-order chi connectivity index (χ0) is 15.4. The van der Waals surface area contributed by atoms with Crippen molar-refractivity contribution in [3.8, 4) is 0 Å². The van der Waals surface area contributed by atoms with Crippen molar-refractivity contribution in [3.05, 3.63) is 20.8 Å². The second-order valence-corrected chi connectivity index (χ2v) is 6.40. The average Bonchev–Trinajstić information content (AvgIpc) is 2.84. The van der Waals surface area contributed by atoms with Crippen LogP contribution in [0.4, 0.5) is 4.79 Å². The van der Waals surface area contributed by atoms with Gasteiger partial charge in [0.2, 0.25) is 5.91 Å². The third-order valence-corrected chi connectivity index (χ3v) is 4.69. The fourth-order valence-corrected chi connectivity index (χ4v) is 3.43. The molecule has 1 aliphatic rings. The van der Waals surface area contributed by atoms with Gasteiger partial charge in [0.25, 0.3) is 0 Å². The highest BCUT2D eigenvalue weighted by molar-refractivity contribution is 9.10. The largest absolute Gasteiger partial charge is 0.481 e. The summed E-state index contributed by atoms with van der Waals surface area (Å²) < 4.78 is 0.942. The highest BCUT2D eigenvalue weighted by atomic mass is 79.9. The summed E-state index contributed by atoms with van der Waals surface area (Å²) in [6.07, 6.45) is -0.399. The molecule has 0 bridgehead atoms. The predicted octanol–water partition coefficient (Wildman–Crippen LogP) is 0.995. The van der Waals surface area contributed by atoms with Gasteiger partial charge in [0.05, 0.1) is 13.0 Å². The van der Waals surface area contributed by atoms with E-state index >= 15 is 0 Å². The normalized spacial score (nSPS) is 18.2. The lowest BCUT2D eigenvalue weighted by Gasteiger charge is -2.34. The molecule has 114 valence electrons. The summed E-state index contributed by atoms with van der Waals surface area (Å²) in [4.78, 5) is 36.9. The lowest BCUT2D eigenvalue weighted by molar-refractivity contribution is -0.142. The Balaban J connectivity index is 1.98. The summed E-state index contributed by atoms with van der Waals surface area (Å²) in [6, 6.07) is 0.495. The van der Waals surface area contributed by atoms with Crippen LogP contribution in [0.1, 0.15) is 11.3 Å². The van der Waals surface area contributed by atoms with E-state index in [1.807, 2.05) is 11.4 Å². The first-order valence-corrected chi connectivity index (χ1v) is 7.91. The first kappa shape index (κ1) is 15.8. The Morgan fingerprint density at radius 1 is 1.57 bits per heavy atom. The van der Waals surface area contributed by atoms with E-state index in [0.29, 0.717) is 19.6 Å². The van der Waals surface area contributed by atoms with Gasteiger partial charge in [-0.1, -0.05) is 0 Å². The Labute approximate surface area is 133 Å². The molecule has 1 aromatic rings. The van der Waals surface area contributed by atoms with E-state index in [-0.39, 0.29) is 0 Å². The number of thiophene rings is 1. The molecule has 3 amide bonds. The molecule has 2 rings (SSSR count). The molecule has 2 heterocycles. The van der Waals surface area contributed by atoms with Crippen molar-refractivity contribution in [3.63, 3.8) is 0 Å². The van der Waals surface area contributed by atoms with Gasteiger partial charge in [0.1, 0.15) is 6.04 Å². The number of carboxylic acid groups (broad SMARTS) is 1. The van der Waals surface area contributed by atoms with Crippen LogP contribution in [0, 0.1) is 0 Å². The molecule has 0 saturated carbocycles. The summed E-state index contributed by atoms with van der Waals surface area (Å²) in [5, 5.41) is 16.0. The van der Waals surface area contributed by atoms with Gasteiger partial charge >= 0.3 is 12.0 Å². The van der Waals surface area contributed by atoms with E-state index in [2.05, 4.69) is 26.6 Å². The molecule has 1 fully saturated rings. The minimum Gasteiger partial charge on any atom is -0.481 e. The molecule has 0 radical (unpaired) electrons. The van der Waals surface area contributed by atoms with Gasteiger partial charge in [0, 0.05) is 27.8 Å². The van der Waals surface area contributed by atoms with Gasteiger partial charge in [-0.3, -0.25) is 9.59 Å². The fourth-order valence-electron chi connectivity index (χ4n) is 2.04. The smallest absolute Gasteiger partial charge is 0.318 e. The van der Waals surface area contributed by atoms with Crippen molar-refractivity contribution >= 4 is 45.2 Å². The van der Waals surface area contributed by atoms with E-state index in [1.165, 1.54) is 16.2 Å². The first-order valence-electron chi connectivity index (χ1n) is 6.24. The molecular weight excluding hydrogens is 362 g/mol. The monoisotopic (exact) mass is 375 g/mol. The number of carboxylic acids is 1. The number of carbonyl (C=O) groups excluding carboxylic acids is 2. The average molecular weight is 376 g/mol. The molecule has 1 aromatic heterocycles. The van der Waals surface area contributed by atoms with Crippen molar-refractivity contribution in [2.45, 2.75) is 19.0 Å². The molecule has 9 heteroatoms. The molecule has 1 aliphatic heterocycles. The quantitative estimate of drug-likeness (QED) is 0.730. The van der Waals surface area contributed by atoms with Crippen LogP contribution >= 0.6 is 27.3 Å². The number of hydrogen-bond donors (Lipinski definition) is 3. The van der Waals surface area contributed by atoms with Gasteiger partial charge in [-0.25, -0.2) is 4.79 Å². The molecule has 3 N–H and O–H groups in total. The molecule has 0 spiro atoms. The molecule has 1 atom stereocenters. The maximum Gasteiger partial charge on any atom is 0.318 e. The van der Waals surface area contributed by atoms with E-state index in [1.54, 1.807) is 0 Å². The van der Waals surface area contributed by atoms with Crippen LogP contribution in [-0.4, -0.2) is 47.0 Å². The minimum atomic E-state index is -1.11. The van der Waals surface area contributed by atoms with Gasteiger partial charge < -0.3 is 20.6 Å². The Morgan fingerprint density at radius 3 is 2.95 bits per heavy atom. The summed E-state index contributed by atoms with van der Waals surface area (Å²) in [5.74, 6) is -1.55. The van der Waals surface area contributed by atoms with Gasteiger partial charge in [-0.2, -0.15) is 0 Å². The Morgan fingerprint density at radius 2 is 2.33 bits per heavy atom. The molecule has 7 nitrogen and oxygen atoms in total. The van der Waals surface area contributed by atoms with E-state index in [9.17, 15) is 14.4 Å². The highest BCUT2D eigenvalue weighted by Gasteiger charge is 2.34. The number of hydrogen-bond acceptors (Lipinski definition) is 4. The van der Waals surface area contributed by atoms with Crippen LogP contribution in [0.5, 0.6) is 0 Å². The molecule has 21 heavy (non-hydrogen) atoms. The number of amides is 3. The summed E-state index contributed by atoms with van der Waals surface area (Å²) >= 11 is 4.83. The number of urea groups is 1. The minimum absolute atomic E-state index is 0.295. The second kappa shape index (κ2) is 6.90. The van der Waals surface area contributed by atoms with Gasteiger partial charge in [-0.15, -0.1) is 11.3 Å². The summed E-state index contributed by atoms with van der Waals surface area (Å²) in [5.41, 5.74) is 0. The fraction of sp³-hybridized carbons (Fsp3) is 0.417. The first-order chi connectivity index (χ1) is 9.97. The Bertz CT molecular complexity index is 562. The number of aliphatic carboxylic acids is 1. The highest BCUT2D eigenvalue weighted by Crippen LogP contribution is 2.19.